The molecule has 4 aromatic rings. The number of fused-ring (bicyclic) bond motifs is 1. The monoisotopic (exact) mass is 778 g/mol. The number of morpholine rings is 1. The van der Waals surface area contributed by atoms with Crippen LogP contribution >= 0.6 is 0 Å². The second-order valence-electron chi connectivity index (χ2n) is 14.4. The molecule has 0 unspecified atom stereocenters. The highest BCUT2D eigenvalue weighted by molar-refractivity contribution is 7.92. The van der Waals surface area contributed by atoms with E-state index in [1.807, 2.05) is 6.07 Å². The lowest BCUT2D eigenvalue weighted by Crippen LogP contribution is -2.45. The van der Waals surface area contributed by atoms with Gasteiger partial charge in [-0.1, -0.05) is 4.98 Å². The van der Waals surface area contributed by atoms with Gasteiger partial charge in [-0.05, 0) is 38.8 Å². The first-order valence-corrected chi connectivity index (χ1v) is 20.5. The minimum atomic E-state index is -3.79. The van der Waals surface area contributed by atoms with Gasteiger partial charge in [-0.2, -0.15) is 4.98 Å². The highest BCUT2D eigenvalue weighted by atomic mass is 32.2. The Morgan fingerprint density at radius 2 is 1.71 bits per heavy atom. The van der Waals surface area contributed by atoms with Gasteiger partial charge in [-0.3, -0.25) is 18.9 Å². The average molecular weight is 779 g/mol. The summed E-state index contributed by atoms with van der Waals surface area (Å²) >= 11 is 0. The van der Waals surface area contributed by atoms with Crippen LogP contribution in [0.2, 0.25) is 0 Å². The molecule has 0 atom stereocenters. The molecule has 2 aliphatic heterocycles. The third-order valence-electron chi connectivity index (χ3n) is 10.4. The molecule has 1 N–H and O–H groups in total. The van der Waals surface area contributed by atoms with Crippen molar-refractivity contribution < 1.29 is 27.4 Å². The van der Waals surface area contributed by atoms with Crippen LogP contribution in [0.3, 0.4) is 0 Å². The largest absolute Gasteiger partial charge is 0.741 e. The van der Waals surface area contributed by atoms with Crippen molar-refractivity contribution in [3.63, 3.8) is 0 Å². The normalized spacial score (nSPS) is 20.0. The Morgan fingerprint density at radius 3 is 2.38 bits per heavy atom. The number of likely N-dealkylation sites (N-methyl/N-ethyl adjacent to an activating group) is 1. The predicted molar refractivity (Wildman–Crippen MR) is 209 cm³/mol. The number of anilines is 3. The van der Waals surface area contributed by atoms with E-state index in [1.165, 1.54) is 21.3 Å². The predicted octanol–water partition coefficient (Wildman–Crippen LogP) is 2.23. The van der Waals surface area contributed by atoms with Gasteiger partial charge in [0.2, 0.25) is 21.9 Å². The Labute approximate surface area is 321 Å². The molecule has 19 heteroatoms. The molecule has 7 rings (SSSR count). The van der Waals surface area contributed by atoms with E-state index in [4.69, 9.17) is 24.2 Å². The number of sulfonamides is 1. The number of aromatic nitrogens is 6. The molecule has 0 radical (unpaired) electrons. The van der Waals surface area contributed by atoms with Crippen molar-refractivity contribution in [3.05, 3.63) is 47.8 Å². The summed E-state index contributed by atoms with van der Waals surface area (Å²) in [5, 5.41) is 15.9. The van der Waals surface area contributed by atoms with Gasteiger partial charge < -0.3 is 34.5 Å². The number of pyridine rings is 2. The van der Waals surface area contributed by atoms with Gasteiger partial charge in [0.1, 0.15) is 30.4 Å². The van der Waals surface area contributed by atoms with Crippen molar-refractivity contribution in [3.8, 4) is 11.6 Å². The fourth-order valence-electron chi connectivity index (χ4n) is 7.10. The Hall–Kier alpha value is -4.85. The Morgan fingerprint density at radius 1 is 0.982 bits per heavy atom. The van der Waals surface area contributed by atoms with Crippen LogP contribution in [-0.2, 0) is 28.4 Å². The fraction of sp³-hybridized carbons (Fsp3) is 0.556. The summed E-state index contributed by atoms with van der Waals surface area (Å²) < 4.78 is 47.6. The van der Waals surface area contributed by atoms with E-state index in [0.29, 0.717) is 77.5 Å². The van der Waals surface area contributed by atoms with E-state index in [-0.39, 0.29) is 24.6 Å². The van der Waals surface area contributed by atoms with Gasteiger partial charge in [0.15, 0.2) is 5.75 Å². The number of hydrogen-bond acceptors (Lipinski definition) is 15. The summed E-state index contributed by atoms with van der Waals surface area (Å²) in [6, 6.07) is 3.82. The van der Waals surface area contributed by atoms with Crippen LogP contribution < -0.4 is 24.0 Å². The van der Waals surface area contributed by atoms with Crippen molar-refractivity contribution in [2.24, 2.45) is 7.05 Å². The van der Waals surface area contributed by atoms with Gasteiger partial charge >= 0.3 is 5.95 Å². The Balaban J connectivity index is 1.03. The number of piperazine rings is 1. The van der Waals surface area contributed by atoms with E-state index in [0.717, 1.165) is 70.5 Å². The summed E-state index contributed by atoms with van der Waals surface area (Å²) in [5.41, 5.74) is 1.46. The maximum Gasteiger partial charge on any atom is 0.398 e. The zero-order chi connectivity index (χ0) is 38.5. The number of nitrogens with zero attached hydrogens (tertiary/aromatic N) is 11. The first-order chi connectivity index (χ1) is 26.5. The second-order valence-corrected chi connectivity index (χ2v) is 16.3. The van der Waals surface area contributed by atoms with E-state index >= 15 is 0 Å². The Kier molecular flexibility index (Phi) is 11.8. The molecular formula is C36H50N12O6S. The SMILES string of the molecule is C=[N+]([O-])c1ncc(CN(c2cnc3cc(N4CCOCC4)nc(O[C@H]4CC[C@@H](Nc5ncc(OCCN6CCN(C)CC6)cn5)CC4)c3c2)S(C)(=O)=O)n1C. The standard InChI is InChI=1S/C36H50N12O6S/c1-43-9-11-46(12-10-43)13-18-53-30-23-38-35(39-24-30)41-26-5-7-29(8-6-26)54-34-31-19-27(21-37-32(31)20-33(42-34)47-14-16-52-17-15-47)48(55(4,50)51)25-28-22-40-36(44(28)2)45(3)49/h19-24,26,29H,3,5-18,25H2,1-2,4H3,(H,38,39,41)/t26-,29+. The molecule has 2 saturated heterocycles. The molecule has 3 aliphatic rings. The van der Waals surface area contributed by atoms with Crippen LogP contribution in [0, 0.1) is 5.21 Å². The lowest BCUT2D eigenvalue weighted by atomic mass is 9.93. The highest BCUT2D eigenvalue weighted by Crippen LogP contribution is 2.34. The van der Waals surface area contributed by atoms with Crippen LogP contribution in [-0.4, -0.2) is 150 Å². The molecule has 4 aromatic heterocycles. The fourth-order valence-corrected chi connectivity index (χ4v) is 7.95. The number of rotatable bonds is 14. The van der Waals surface area contributed by atoms with Gasteiger partial charge in [-0.25, -0.2) is 23.0 Å². The first-order valence-electron chi connectivity index (χ1n) is 18.7. The molecule has 3 fully saturated rings. The molecule has 0 bridgehead atoms. The molecule has 6 heterocycles. The van der Waals surface area contributed by atoms with Crippen LogP contribution in [0.4, 0.5) is 23.4 Å². The van der Waals surface area contributed by atoms with Crippen LogP contribution in [0.15, 0.2) is 36.9 Å². The van der Waals surface area contributed by atoms with Gasteiger partial charge in [0, 0.05) is 64.6 Å². The average Bonchev–Trinajstić information content (AvgIpc) is 3.55. The van der Waals surface area contributed by atoms with Crippen molar-refractivity contribution in [1.82, 2.24) is 39.3 Å². The summed E-state index contributed by atoms with van der Waals surface area (Å²) in [6.07, 6.45) is 10.6. The second kappa shape index (κ2) is 16.9. The number of imidazole rings is 1. The molecule has 296 valence electrons. The third kappa shape index (κ3) is 9.52. The summed E-state index contributed by atoms with van der Waals surface area (Å²) in [6.45, 7) is 11.6. The lowest BCUT2D eigenvalue weighted by Gasteiger charge is -2.32. The topological polar surface area (TPSA) is 182 Å². The summed E-state index contributed by atoms with van der Waals surface area (Å²) in [5.74, 6) is 2.40. The number of hydrogen-bond donors (Lipinski definition) is 1. The maximum absolute atomic E-state index is 13.2. The number of ether oxygens (including phenoxy) is 3. The molecule has 0 spiro atoms. The van der Waals surface area contributed by atoms with Crippen molar-refractivity contribution in [1.29, 1.82) is 0 Å². The molecule has 1 saturated carbocycles. The van der Waals surface area contributed by atoms with Crippen LogP contribution in [0.1, 0.15) is 31.4 Å². The molecule has 1 aliphatic carbocycles. The molecular weight excluding hydrogens is 729 g/mol. The highest BCUT2D eigenvalue weighted by Gasteiger charge is 2.28. The molecule has 18 nitrogen and oxygen atoms in total. The van der Waals surface area contributed by atoms with Gasteiger partial charge in [0.25, 0.3) is 0 Å². The summed E-state index contributed by atoms with van der Waals surface area (Å²) in [7, 11) is -0.00318. The van der Waals surface area contributed by atoms with E-state index in [1.54, 1.807) is 25.5 Å². The Bertz CT molecular complexity index is 2040. The zero-order valence-corrected chi connectivity index (χ0v) is 32.5. The summed E-state index contributed by atoms with van der Waals surface area (Å²) in [4.78, 5) is 29.7. The minimum Gasteiger partial charge on any atom is -0.741 e. The van der Waals surface area contributed by atoms with Crippen LogP contribution in [0.25, 0.3) is 10.9 Å². The van der Waals surface area contributed by atoms with Crippen LogP contribution in [0.5, 0.6) is 11.6 Å². The quantitative estimate of drug-likeness (QED) is 0.0851. The minimum absolute atomic E-state index is 0.0585. The molecule has 55 heavy (non-hydrogen) atoms. The van der Waals surface area contributed by atoms with E-state index in [9.17, 15) is 13.6 Å². The number of nitrogens with one attached hydrogen (secondary N) is 1. The van der Waals surface area contributed by atoms with Crippen molar-refractivity contribution in [2.45, 2.75) is 44.4 Å². The smallest absolute Gasteiger partial charge is 0.398 e. The van der Waals surface area contributed by atoms with Gasteiger partial charge in [0.05, 0.1) is 68.2 Å². The maximum atomic E-state index is 13.2. The molecule has 0 aromatic carbocycles. The third-order valence-corrected chi connectivity index (χ3v) is 11.6. The van der Waals surface area contributed by atoms with Crippen molar-refractivity contribution >= 4 is 51.0 Å². The van der Waals surface area contributed by atoms with E-state index in [2.05, 4.69) is 48.7 Å². The first kappa shape index (κ1) is 38.4. The molecule has 0 amide bonds. The zero-order valence-electron chi connectivity index (χ0n) is 31.7. The lowest BCUT2D eigenvalue weighted by molar-refractivity contribution is -0.362. The van der Waals surface area contributed by atoms with Gasteiger partial charge in [-0.15, -0.1) is 0 Å². The van der Waals surface area contributed by atoms with E-state index < -0.39 is 10.0 Å². The van der Waals surface area contributed by atoms with Crippen molar-refractivity contribution in [2.75, 3.05) is 93.5 Å².